The van der Waals surface area contributed by atoms with Gasteiger partial charge in [0, 0.05) is 51.5 Å². The van der Waals surface area contributed by atoms with E-state index in [0.29, 0.717) is 6.54 Å². The fourth-order valence-corrected chi connectivity index (χ4v) is 3.26. The SMILES string of the molecule is NS(=O)(=O)CCCC(=O)N1CCCN(Cc2cccnc2)CC1. The van der Waals surface area contributed by atoms with Crippen molar-refractivity contribution in [2.24, 2.45) is 5.14 Å². The molecular formula is C15H24N4O3S. The van der Waals surface area contributed by atoms with Crippen molar-refractivity contribution in [2.45, 2.75) is 25.8 Å². The highest BCUT2D eigenvalue weighted by atomic mass is 32.2. The summed E-state index contributed by atoms with van der Waals surface area (Å²) in [5.41, 5.74) is 1.17. The van der Waals surface area contributed by atoms with Crippen molar-refractivity contribution >= 4 is 15.9 Å². The Bertz CT molecular complexity index is 606. The van der Waals surface area contributed by atoms with Crippen molar-refractivity contribution in [3.05, 3.63) is 30.1 Å². The summed E-state index contributed by atoms with van der Waals surface area (Å²) >= 11 is 0. The zero-order chi connectivity index (χ0) is 16.7. The first-order valence-electron chi connectivity index (χ1n) is 7.83. The van der Waals surface area contributed by atoms with Gasteiger partial charge in [0.15, 0.2) is 0 Å². The summed E-state index contributed by atoms with van der Waals surface area (Å²) in [4.78, 5) is 20.4. The molecule has 0 atom stereocenters. The van der Waals surface area contributed by atoms with Crippen LogP contribution in [-0.4, -0.2) is 61.0 Å². The molecule has 2 rings (SSSR count). The van der Waals surface area contributed by atoms with E-state index >= 15 is 0 Å². The molecule has 1 aliphatic rings. The Morgan fingerprint density at radius 2 is 2.09 bits per heavy atom. The molecule has 0 aliphatic carbocycles. The number of carbonyl (C=O) groups excluding carboxylic acids is 1. The summed E-state index contributed by atoms with van der Waals surface area (Å²) < 4.78 is 21.8. The van der Waals surface area contributed by atoms with Crippen LogP contribution in [0.5, 0.6) is 0 Å². The van der Waals surface area contributed by atoms with E-state index < -0.39 is 10.0 Å². The van der Waals surface area contributed by atoms with Gasteiger partial charge in [-0.25, -0.2) is 13.6 Å². The number of nitrogens with two attached hydrogens (primary N) is 1. The second-order valence-electron chi connectivity index (χ2n) is 5.84. The minimum absolute atomic E-state index is 0.0110. The zero-order valence-electron chi connectivity index (χ0n) is 13.2. The summed E-state index contributed by atoms with van der Waals surface area (Å²) in [7, 11) is -3.49. The van der Waals surface area contributed by atoms with Crippen molar-refractivity contribution in [2.75, 3.05) is 31.9 Å². The molecule has 2 heterocycles. The Morgan fingerprint density at radius 1 is 1.26 bits per heavy atom. The highest BCUT2D eigenvalue weighted by Gasteiger charge is 2.19. The Kier molecular flexibility index (Phi) is 6.49. The van der Waals surface area contributed by atoms with Crippen LogP contribution in [0.2, 0.25) is 0 Å². The molecule has 0 saturated carbocycles. The van der Waals surface area contributed by atoms with Crippen LogP contribution in [0.4, 0.5) is 0 Å². The van der Waals surface area contributed by atoms with Gasteiger partial charge >= 0.3 is 0 Å². The van der Waals surface area contributed by atoms with Crippen molar-refractivity contribution in [3.8, 4) is 0 Å². The van der Waals surface area contributed by atoms with E-state index in [1.807, 2.05) is 23.2 Å². The molecule has 1 aliphatic heterocycles. The van der Waals surface area contributed by atoms with Crippen molar-refractivity contribution < 1.29 is 13.2 Å². The monoisotopic (exact) mass is 340 g/mol. The Balaban J connectivity index is 1.78. The molecule has 128 valence electrons. The predicted octanol–water partition coefficient (Wildman–Crippen LogP) is 0.185. The summed E-state index contributed by atoms with van der Waals surface area (Å²) in [6.45, 7) is 3.99. The second-order valence-corrected chi connectivity index (χ2v) is 7.58. The number of hydrogen-bond donors (Lipinski definition) is 1. The second kappa shape index (κ2) is 8.37. The number of aromatic nitrogens is 1. The first-order valence-corrected chi connectivity index (χ1v) is 9.55. The predicted molar refractivity (Wildman–Crippen MR) is 87.9 cm³/mol. The summed E-state index contributed by atoms with van der Waals surface area (Å²) in [6.07, 6.45) is 5.06. The van der Waals surface area contributed by atoms with Crippen LogP contribution >= 0.6 is 0 Å². The highest BCUT2D eigenvalue weighted by Crippen LogP contribution is 2.10. The molecule has 1 amide bonds. The molecule has 1 aromatic heterocycles. The highest BCUT2D eigenvalue weighted by molar-refractivity contribution is 7.89. The summed E-state index contributed by atoms with van der Waals surface area (Å²) in [6, 6.07) is 3.97. The Morgan fingerprint density at radius 3 is 2.78 bits per heavy atom. The standard InChI is InChI=1S/C15H24N4O3S/c16-23(21,22)11-2-5-15(20)19-8-3-7-18(9-10-19)13-14-4-1-6-17-12-14/h1,4,6,12H,2-3,5,7-11,13H2,(H2,16,21,22). The molecule has 1 fully saturated rings. The molecule has 7 nitrogen and oxygen atoms in total. The van der Waals surface area contributed by atoms with E-state index in [0.717, 1.165) is 32.6 Å². The summed E-state index contributed by atoms with van der Waals surface area (Å²) in [5, 5.41) is 4.95. The molecule has 0 unspecified atom stereocenters. The van der Waals surface area contributed by atoms with E-state index in [9.17, 15) is 13.2 Å². The van der Waals surface area contributed by atoms with Gasteiger partial charge in [-0.05, 0) is 24.5 Å². The largest absolute Gasteiger partial charge is 0.341 e. The van der Waals surface area contributed by atoms with Gasteiger partial charge in [-0.3, -0.25) is 14.7 Å². The third kappa shape index (κ3) is 6.64. The maximum Gasteiger partial charge on any atom is 0.222 e. The molecule has 1 saturated heterocycles. The van der Waals surface area contributed by atoms with Crippen LogP contribution in [0.3, 0.4) is 0 Å². The maximum absolute atomic E-state index is 12.2. The lowest BCUT2D eigenvalue weighted by atomic mass is 10.2. The topological polar surface area (TPSA) is 96.6 Å². The number of primary sulfonamides is 1. The number of carbonyl (C=O) groups is 1. The van der Waals surface area contributed by atoms with Crippen LogP contribution in [0.15, 0.2) is 24.5 Å². The van der Waals surface area contributed by atoms with Crippen molar-refractivity contribution in [3.63, 3.8) is 0 Å². The molecule has 2 N–H and O–H groups in total. The van der Waals surface area contributed by atoms with E-state index in [2.05, 4.69) is 9.88 Å². The molecule has 0 spiro atoms. The average molecular weight is 340 g/mol. The third-order valence-electron chi connectivity index (χ3n) is 3.89. The van der Waals surface area contributed by atoms with Gasteiger partial charge in [0.25, 0.3) is 0 Å². The molecule has 1 aromatic rings. The van der Waals surface area contributed by atoms with Crippen molar-refractivity contribution in [1.29, 1.82) is 0 Å². The van der Waals surface area contributed by atoms with Crippen LogP contribution in [0.1, 0.15) is 24.8 Å². The number of rotatable bonds is 6. The molecule has 0 radical (unpaired) electrons. The zero-order valence-corrected chi connectivity index (χ0v) is 14.0. The van der Waals surface area contributed by atoms with Gasteiger partial charge < -0.3 is 4.90 Å². The lowest BCUT2D eigenvalue weighted by Crippen LogP contribution is -2.35. The van der Waals surface area contributed by atoms with Gasteiger partial charge in [0.2, 0.25) is 15.9 Å². The first-order chi connectivity index (χ1) is 10.9. The molecular weight excluding hydrogens is 316 g/mol. The van der Waals surface area contributed by atoms with Gasteiger partial charge in [-0.2, -0.15) is 0 Å². The minimum Gasteiger partial charge on any atom is -0.341 e. The summed E-state index contributed by atoms with van der Waals surface area (Å²) in [5.74, 6) is -0.128. The lowest BCUT2D eigenvalue weighted by molar-refractivity contribution is -0.131. The van der Waals surface area contributed by atoms with E-state index in [1.54, 1.807) is 6.20 Å². The van der Waals surface area contributed by atoms with E-state index in [4.69, 9.17) is 5.14 Å². The van der Waals surface area contributed by atoms with Gasteiger partial charge in [-0.15, -0.1) is 0 Å². The van der Waals surface area contributed by atoms with E-state index in [1.165, 1.54) is 5.56 Å². The number of hydrogen-bond acceptors (Lipinski definition) is 5. The smallest absolute Gasteiger partial charge is 0.222 e. The van der Waals surface area contributed by atoms with Crippen molar-refractivity contribution in [1.82, 2.24) is 14.8 Å². The van der Waals surface area contributed by atoms with Crippen LogP contribution in [0.25, 0.3) is 0 Å². The quantitative estimate of drug-likeness (QED) is 0.797. The van der Waals surface area contributed by atoms with Gasteiger partial charge in [0.1, 0.15) is 0 Å². The molecule has 0 aromatic carbocycles. The first kappa shape index (κ1) is 17.8. The van der Waals surface area contributed by atoms with Gasteiger partial charge in [0.05, 0.1) is 5.75 Å². The third-order valence-corrected chi connectivity index (χ3v) is 4.75. The van der Waals surface area contributed by atoms with Gasteiger partial charge in [-0.1, -0.05) is 6.07 Å². The number of pyridine rings is 1. The Hall–Kier alpha value is -1.51. The lowest BCUT2D eigenvalue weighted by Gasteiger charge is -2.22. The van der Waals surface area contributed by atoms with Crippen LogP contribution in [0, 0.1) is 0 Å². The number of sulfonamides is 1. The number of amides is 1. The Labute approximate surface area is 137 Å². The molecule has 0 bridgehead atoms. The maximum atomic E-state index is 12.2. The fourth-order valence-electron chi connectivity index (χ4n) is 2.71. The average Bonchev–Trinajstić information content (AvgIpc) is 2.72. The normalized spacial score (nSPS) is 17.0. The van der Waals surface area contributed by atoms with Crippen LogP contribution in [-0.2, 0) is 21.4 Å². The number of nitrogens with zero attached hydrogens (tertiary/aromatic N) is 3. The molecule has 23 heavy (non-hydrogen) atoms. The fraction of sp³-hybridized carbons (Fsp3) is 0.600. The van der Waals surface area contributed by atoms with Crippen LogP contribution < -0.4 is 5.14 Å². The molecule has 8 heteroatoms. The van der Waals surface area contributed by atoms with E-state index in [-0.39, 0.29) is 24.5 Å². The minimum atomic E-state index is -3.49.